The van der Waals surface area contributed by atoms with Crippen molar-refractivity contribution in [3.63, 3.8) is 0 Å². The summed E-state index contributed by atoms with van der Waals surface area (Å²) in [4.78, 5) is 22.2. The average Bonchev–Trinajstić information content (AvgIpc) is 2.33. The van der Waals surface area contributed by atoms with Crippen LogP contribution in [-0.4, -0.2) is 36.1 Å². The first-order valence-corrected chi connectivity index (χ1v) is 8.60. The van der Waals surface area contributed by atoms with Crippen LogP contribution in [0, 0.1) is 16.7 Å². The normalized spacial score (nSPS) is 12.5. The average molecular weight is 348 g/mol. The zero-order chi connectivity index (χ0) is 19.8. The molecule has 0 saturated heterocycles. The Kier molecular flexibility index (Phi) is 10.7. The molecule has 0 bridgehead atoms. The second kappa shape index (κ2) is 10.1. The minimum Gasteiger partial charge on any atom is -0.389 e. The molecule has 2 N–H and O–H groups in total. The van der Waals surface area contributed by atoms with E-state index in [4.69, 9.17) is 5.11 Å². The maximum Gasteiger partial charge on any atom is 0.220 e. The Bertz CT molecular complexity index is 396. The van der Waals surface area contributed by atoms with Crippen molar-refractivity contribution < 1.29 is 19.1 Å². The van der Waals surface area contributed by atoms with Crippen molar-refractivity contribution in [1.82, 2.24) is 5.32 Å². The number of alkyl halides is 1. The molecule has 0 spiro atoms. The number of aliphatic hydroxyl groups is 1. The fraction of sp³-hybridized carbons (Fsp3) is 0.895. The van der Waals surface area contributed by atoms with Gasteiger partial charge in [-0.15, -0.1) is 0 Å². The van der Waals surface area contributed by atoms with Crippen LogP contribution in [-0.2, 0) is 9.59 Å². The predicted octanol–water partition coefficient (Wildman–Crippen LogP) is 3.91. The van der Waals surface area contributed by atoms with Crippen molar-refractivity contribution in [2.75, 3.05) is 13.7 Å². The molecule has 0 aromatic carbocycles. The number of halogens is 1. The molecule has 0 aliphatic carbocycles. The third kappa shape index (κ3) is 13.5. The minimum absolute atomic E-state index is 0.0331. The van der Waals surface area contributed by atoms with E-state index in [2.05, 4.69) is 19.2 Å². The molecule has 0 rings (SSSR count). The van der Waals surface area contributed by atoms with E-state index in [1.807, 2.05) is 27.7 Å². The van der Waals surface area contributed by atoms with Gasteiger partial charge < -0.3 is 10.4 Å². The summed E-state index contributed by atoms with van der Waals surface area (Å²) in [7, 11) is 1.60. The van der Waals surface area contributed by atoms with Gasteiger partial charge in [-0.05, 0) is 38.0 Å². The number of Topliss-reactive ketones (excluding diaryl/α,β-unsaturated/α-hetero) is 1. The summed E-state index contributed by atoms with van der Waals surface area (Å²) in [6, 6.07) is 0. The van der Waals surface area contributed by atoms with Crippen molar-refractivity contribution in [1.29, 1.82) is 0 Å². The number of carbonyl (C=O) groups excluding carboxylic acids is 2. The molecule has 0 radical (unpaired) electrons. The second-order valence-corrected chi connectivity index (χ2v) is 8.97. The first kappa shape index (κ1) is 25.3. The summed E-state index contributed by atoms with van der Waals surface area (Å²) in [5, 5.41) is 11.2. The Balaban J connectivity index is 0. The van der Waals surface area contributed by atoms with Gasteiger partial charge in [-0.3, -0.25) is 9.59 Å². The van der Waals surface area contributed by atoms with Gasteiger partial charge in [0.2, 0.25) is 5.91 Å². The molecule has 1 amide bonds. The van der Waals surface area contributed by atoms with Crippen molar-refractivity contribution in [2.45, 2.75) is 80.3 Å². The van der Waals surface area contributed by atoms with E-state index < -0.39 is 5.67 Å². The van der Waals surface area contributed by atoms with E-state index in [9.17, 15) is 14.0 Å². The van der Waals surface area contributed by atoms with Crippen LogP contribution in [0.1, 0.15) is 74.7 Å². The van der Waals surface area contributed by atoms with E-state index in [0.717, 1.165) is 6.42 Å². The molecular weight excluding hydrogens is 309 g/mol. The number of aliphatic hydroxyl groups excluding tert-OH is 1. The molecule has 5 heteroatoms. The van der Waals surface area contributed by atoms with Crippen molar-refractivity contribution in [2.24, 2.45) is 16.7 Å². The second-order valence-electron chi connectivity index (χ2n) is 8.97. The molecule has 0 aromatic rings. The van der Waals surface area contributed by atoms with E-state index in [1.54, 1.807) is 20.9 Å². The van der Waals surface area contributed by atoms with Gasteiger partial charge in [0, 0.05) is 18.9 Å². The molecule has 0 heterocycles. The molecule has 0 aromatic heterocycles. The van der Waals surface area contributed by atoms with Crippen LogP contribution in [0.2, 0.25) is 0 Å². The fourth-order valence-electron chi connectivity index (χ4n) is 3.07. The highest BCUT2D eigenvalue weighted by atomic mass is 19.1. The summed E-state index contributed by atoms with van der Waals surface area (Å²) in [6.45, 7) is 14.5. The Hall–Kier alpha value is -0.970. The van der Waals surface area contributed by atoms with Gasteiger partial charge in [0.1, 0.15) is 12.3 Å². The van der Waals surface area contributed by atoms with E-state index in [0.29, 0.717) is 18.8 Å². The molecule has 0 aliphatic heterocycles. The van der Waals surface area contributed by atoms with Gasteiger partial charge in [0.05, 0.1) is 0 Å². The molecule has 0 unspecified atom stereocenters. The topological polar surface area (TPSA) is 66.4 Å². The first-order chi connectivity index (χ1) is 10.6. The molecule has 144 valence electrons. The van der Waals surface area contributed by atoms with Crippen LogP contribution in [0.5, 0.6) is 0 Å². The number of ketones is 1. The summed E-state index contributed by atoms with van der Waals surface area (Å²) in [6.07, 6.45) is 1.61. The summed E-state index contributed by atoms with van der Waals surface area (Å²) in [5.74, 6) is 0.404. The van der Waals surface area contributed by atoms with Gasteiger partial charge in [-0.2, -0.15) is 0 Å². The SMILES string of the molecule is CC(C)CC(C)(C)C(=O)CO.CNC(=O)CC(C)(C)CC(C)(C)F. The van der Waals surface area contributed by atoms with Crippen LogP contribution in [0.3, 0.4) is 0 Å². The Morgan fingerprint density at radius 2 is 1.54 bits per heavy atom. The highest BCUT2D eigenvalue weighted by molar-refractivity contribution is 5.84. The largest absolute Gasteiger partial charge is 0.389 e. The monoisotopic (exact) mass is 347 g/mol. The van der Waals surface area contributed by atoms with Gasteiger partial charge in [0.25, 0.3) is 0 Å². The quantitative estimate of drug-likeness (QED) is 0.699. The maximum atomic E-state index is 13.3. The van der Waals surface area contributed by atoms with Crippen molar-refractivity contribution >= 4 is 11.7 Å². The molecule has 4 nitrogen and oxygen atoms in total. The van der Waals surface area contributed by atoms with Crippen LogP contribution in [0.4, 0.5) is 4.39 Å². The summed E-state index contributed by atoms with van der Waals surface area (Å²) < 4.78 is 13.3. The third-order valence-corrected chi connectivity index (χ3v) is 3.63. The lowest BCUT2D eigenvalue weighted by Crippen LogP contribution is -2.30. The lowest BCUT2D eigenvalue weighted by Gasteiger charge is -2.29. The van der Waals surface area contributed by atoms with Crippen LogP contribution in [0.15, 0.2) is 0 Å². The Labute approximate surface area is 147 Å². The van der Waals surface area contributed by atoms with Crippen LogP contribution >= 0.6 is 0 Å². The van der Waals surface area contributed by atoms with Gasteiger partial charge in [-0.1, -0.05) is 41.5 Å². The first-order valence-electron chi connectivity index (χ1n) is 8.60. The smallest absolute Gasteiger partial charge is 0.220 e. The van der Waals surface area contributed by atoms with Gasteiger partial charge in [0.15, 0.2) is 5.78 Å². The highest BCUT2D eigenvalue weighted by Crippen LogP contribution is 2.33. The number of nitrogens with one attached hydrogen (secondary N) is 1. The molecule has 0 fully saturated rings. The van der Waals surface area contributed by atoms with Crippen LogP contribution in [0.25, 0.3) is 0 Å². The molecule has 0 aliphatic rings. The Morgan fingerprint density at radius 1 is 1.08 bits per heavy atom. The van der Waals surface area contributed by atoms with Gasteiger partial charge in [-0.25, -0.2) is 4.39 Å². The molecule has 0 atom stereocenters. The number of amides is 1. The van der Waals surface area contributed by atoms with Gasteiger partial charge >= 0.3 is 0 Å². The third-order valence-electron chi connectivity index (χ3n) is 3.63. The highest BCUT2D eigenvalue weighted by Gasteiger charge is 2.30. The molecule has 24 heavy (non-hydrogen) atoms. The molecule has 0 saturated carbocycles. The number of rotatable bonds is 8. The fourth-order valence-corrected chi connectivity index (χ4v) is 3.07. The van der Waals surface area contributed by atoms with Crippen molar-refractivity contribution in [3.8, 4) is 0 Å². The molecular formula is C19H38FNO3. The number of hydrogen-bond donors (Lipinski definition) is 2. The Morgan fingerprint density at radius 3 is 1.83 bits per heavy atom. The lowest BCUT2D eigenvalue weighted by atomic mass is 9.80. The zero-order valence-corrected chi connectivity index (χ0v) is 17.0. The number of carbonyl (C=O) groups is 2. The zero-order valence-electron chi connectivity index (χ0n) is 17.0. The predicted molar refractivity (Wildman–Crippen MR) is 97.6 cm³/mol. The maximum absolute atomic E-state index is 13.3. The number of hydrogen-bond acceptors (Lipinski definition) is 3. The summed E-state index contributed by atoms with van der Waals surface area (Å²) in [5.41, 5.74) is -1.85. The minimum atomic E-state index is -1.21. The van der Waals surface area contributed by atoms with E-state index >= 15 is 0 Å². The lowest BCUT2D eigenvalue weighted by molar-refractivity contribution is -0.130. The van der Waals surface area contributed by atoms with E-state index in [1.165, 1.54) is 0 Å². The summed E-state index contributed by atoms with van der Waals surface area (Å²) >= 11 is 0. The van der Waals surface area contributed by atoms with Crippen LogP contribution < -0.4 is 5.32 Å². The van der Waals surface area contributed by atoms with E-state index in [-0.39, 0.29) is 29.1 Å². The van der Waals surface area contributed by atoms with Crippen molar-refractivity contribution in [3.05, 3.63) is 0 Å². The standard InChI is InChI=1S/C10H20FNO.C9H18O2/c1-9(2,6-8(13)12-5)7-10(3,4)11;1-7(2)5-9(3,4)8(11)6-10/h6-7H2,1-5H3,(H,12,13);7,10H,5-6H2,1-4H3.